The number of hydrogen-bond acceptors (Lipinski definition) is 2. The van der Waals surface area contributed by atoms with Crippen molar-refractivity contribution in [2.75, 3.05) is 0 Å². The molecule has 4 aromatic carbocycles. The zero-order valence-electron chi connectivity index (χ0n) is 17.5. The van der Waals surface area contributed by atoms with Crippen LogP contribution >= 0.6 is 0 Å². The minimum absolute atomic E-state index is 0.135. The highest BCUT2D eigenvalue weighted by Crippen LogP contribution is 2.53. The highest BCUT2D eigenvalue weighted by Gasteiger charge is 2.45. The van der Waals surface area contributed by atoms with E-state index in [1.807, 2.05) is 36.4 Å². The van der Waals surface area contributed by atoms with E-state index in [9.17, 15) is 0 Å². The van der Waals surface area contributed by atoms with E-state index in [4.69, 9.17) is 9.47 Å². The number of hydrogen-bond donors (Lipinski definition) is 0. The zero-order chi connectivity index (χ0) is 20.9. The molecule has 1 saturated carbocycles. The summed E-state index contributed by atoms with van der Waals surface area (Å²) in [6, 6.07) is 37.8. The second kappa shape index (κ2) is 8.69. The van der Waals surface area contributed by atoms with Crippen molar-refractivity contribution < 1.29 is 9.47 Å². The van der Waals surface area contributed by atoms with E-state index in [-0.39, 0.29) is 5.41 Å². The van der Waals surface area contributed by atoms with Gasteiger partial charge in [-0.2, -0.15) is 0 Å². The van der Waals surface area contributed by atoms with E-state index < -0.39 is 0 Å². The van der Waals surface area contributed by atoms with Crippen molar-refractivity contribution in [3.05, 3.63) is 131 Å². The molecule has 0 bridgehead atoms. The molecular weight excluding hydrogens is 380 g/mol. The van der Waals surface area contributed by atoms with Crippen LogP contribution in [0.3, 0.4) is 0 Å². The largest absolute Gasteiger partial charge is 0.489 e. The van der Waals surface area contributed by atoms with Crippen molar-refractivity contribution >= 4 is 0 Å². The highest BCUT2D eigenvalue weighted by atomic mass is 16.5. The van der Waals surface area contributed by atoms with E-state index in [1.54, 1.807) is 0 Å². The summed E-state index contributed by atoms with van der Waals surface area (Å²) in [6.45, 7) is 1.19. The van der Waals surface area contributed by atoms with Crippen LogP contribution in [-0.4, -0.2) is 0 Å². The Morgan fingerprint density at radius 2 is 0.871 bits per heavy atom. The maximum atomic E-state index is 5.95. The van der Waals surface area contributed by atoms with Crippen molar-refractivity contribution in [1.29, 1.82) is 0 Å². The van der Waals surface area contributed by atoms with Crippen LogP contribution in [0.1, 0.15) is 35.1 Å². The lowest BCUT2D eigenvalue weighted by Gasteiger charge is -2.18. The van der Waals surface area contributed by atoms with Crippen LogP contribution in [0.5, 0.6) is 11.5 Å². The number of rotatable bonds is 8. The fraction of sp³-hybridized carbons (Fsp3) is 0.172. The lowest BCUT2D eigenvalue weighted by atomic mass is 9.88. The first-order valence-electron chi connectivity index (χ1n) is 10.9. The van der Waals surface area contributed by atoms with E-state index in [0.29, 0.717) is 13.2 Å². The van der Waals surface area contributed by atoms with Gasteiger partial charge in [-0.1, -0.05) is 84.9 Å². The van der Waals surface area contributed by atoms with E-state index in [1.165, 1.54) is 35.1 Å². The molecule has 1 aliphatic carbocycles. The van der Waals surface area contributed by atoms with Crippen molar-refractivity contribution in [2.24, 2.45) is 0 Å². The molecule has 4 aromatic rings. The van der Waals surface area contributed by atoms with Gasteiger partial charge in [0.1, 0.15) is 24.7 Å². The molecule has 1 aliphatic rings. The van der Waals surface area contributed by atoms with Gasteiger partial charge in [-0.3, -0.25) is 0 Å². The first kappa shape index (κ1) is 19.4. The van der Waals surface area contributed by atoms with Crippen LogP contribution < -0.4 is 9.47 Å². The molecule has 0 amide bonds. The quantitative estimate of drug-likeness (QED) is 0.316. The van der Waals surface area contributed by atoms with Gasteiger partial charge in [-0.25, -0.2) is 0 Å². The maximum Gasteiger partial charge on any atom is 0.119 e. The first-order valence-corrected chi connectivity index (χ1v) is 10.9. The van der Waals surface area contributed by atoms with Gasteiger partial charge < -0.3 is 9.47 Å². The van der Waals surface area contributed by atoms with E-state index in [0.717, 1.165) is 11.5 Å². The molecule has 5 rings (SSSR count). The first-order chi connectivity index (χ1) is 15.3. The SMILES string of the molecule is c1ccc(COc2ccc(C3(c4ccc(OCc5ccccc5)cc4)CC3)cc2)cc1. The normalized spacial score (nSPS) is 14.1. The lowest BCUT2D eigenvalue weighted by Crippen LogP contribution is -2.08. The second-order valence-corrected chi connectivity index (χ2v) is 8.18. The predicted molar refractivity (Wildman–Crippen MR) is 124 cm³/mol. The standard InChI is InChI=1S/C29H26O2/c1-3-7-23(8-4-1)21-30-27-15-11-25(12-16-27)29(19-20-29)26-13-17-28(18-14-26)31-22-24-9-5-2-6-10-24/h1-18H,19-22H2. The molecule has 31 heavy (non-hydrogen) atoms. The van der Waals surface area contributed by atoms with Crippen LogP contribution in [0, 0.1) is 0 Å². The molecule has 0 saturated heterocycles. The summed E-state index contributed by atoms with van der Waals surface area (Å²) < 4.78 is 11.9. The fourth-order valence-corrected chi connectivity index (χ4v) is 4.09. The molecule has 0 N–H and O–H groups in total. The third kappa shape index (κ3) is 4.49. The number of ether oxygens (including phenoxy) is 2. The van der Waals surface area contributed by atoms with Crippen molar-refractivity contribution in [3.8, 4) is 11.5 Å². The van der Waals surface area contributed by atoms with Gasteiger partial charge in [0.05, 0.1) is 0 Å². The Labute approximate surface area is 184 Å². The monoisotopic (exact) mass is 406 g/mol. The van der Waals surface area contributed by atoms with Crippen LogP contribution in [0.15, 0.2) is 109 Å². The third-order valence-electron chi connectivity index (χ3n) is 6.06. The molecule has 154 valence electrons. The molecule has 0 unspecified atom stereocenters. The summed E-state index contributed by atoms with van der Waals surface area (Å²) in [5, 5.41) is 0. The summed E-state index contributed by atoms with van der Waals surface area (Å²) in [5.41, 5.74) is 5.21. The average Bonchev–Trinajstić information content (AvgIpc) is 3.66. The molecular formula is C29H26O2. The van der Waals surface area contributed by atoms with Gasteiger partial charge >= 0.3 is 0 Å². The Bertz CT molecular complexity index is 1010. The Balaban J connectivity index is 1.23. The summed E-state index contributed by atoms with van der Waals surface area (Å²) in [5.74, 6) is 1.82. The van der Waals surface area contributed by atoms with Crippen LogP contribution in [0.4, 0.5) is 0 Å². The van der Waals surface area contributed by atoms with Crippen LogP contribution in [0.25, 0.3) is 0 Å². The summed E-state index contributed by atoms with van der Waals surface area (Å²) in [4.78, 5) is 0. The molecule has 1 fully saturated rings. The molecule has 0 radical (unpaired) electrons. The van der Waals surface area contributed by atoms with E-state index in [2.05, 4.69) is 72.8 Å². The second-order valence-electron chi connectivity index (χ2n) is 8.18. The van der Waals surface area contributed by atoms with Gasteiger partial charge in [-0.15, -0.1) is 0 Å². The molecule has 0 heterocycles. The third-order valence-corrected chi connectivity index (χ3v) is 6.06. The number of benzene rings is 4. The van der Waals surface area contributed by atoms with Gasteiger partial charge in [0, 0.05) is 5.41 Å². The molecule has 2 nitrogen and oxygen atoms in total. The molecule has 0 spiro atoms. The smallest absolute Gasteiger partial charge is 0.119 e. The van der Waals surface area contributed by atoms with Gasteiger partial charge in [0.15, 0.2) is 0 Å². The Kier molecular flexibility index (Phi) is 5.45. The minimum atomic E-state index is 0.135. The van der Waals surface area contributed by atoms with Crippen LogP contribution in [0.2, 0.25) is 0 Å². The average molecular weight is 407 g/mol. The van der Waals surface area contributed by atoms with Gasteiger partial charge in [-0.05, 0) is 59.4 Å². The minimum Gasteiger partial charge on any atom is -0.489 e. The summed E-state index contributed by atoms with van der Waals surface area (Å²) >= 11 is 0. The fourth-order valence-electron chi connectivity index (χ4n) is 4.09. The van der Waals surface area contributed by atoms with Gasteiger partial charge in [0.2, 0.25) is 0 Å². The summed E-state index contributed by atoms with van der Waals surface area (Å²) in [7, 11) is 0. The highest BCUT2D eigenvalue weighted by molar-refractivity contribution is 5.47. The Morgan fingerprint density at radius 1 is 0.484 bits per heavy atom. The maximum absolute atomic E-state index is 5.95. The van der Waals surface area contributed by atoms with Crippen LogP contribution in [-0.2, 0) is 18.6 Å². The van der Waals surface area contributed by atoms with Crippen molar-refractivity contribution in [3.63, 3.8) is 0 Å². The zero-order valence-corrected chi connectivity index (χ0v) is 17.5. The topological polar surface area (TPSA) is 18.5 Å². The Hall–Kier alpha value is -3.52. The molecule has 0 atom stereocenters. The summed E-state index contributed by atoms with van der Waals surface area (Å²) in [6.07, 6.45) is 2.36. The van der Waals surface area contributed by atoms with E-state index >= 15 is 0 Å². The van der Waals surface area contributed by atoms with Gasteiger partial charge in [0.25, 0.3) is 0 Å². The predicted octanol–water partition coefficient (Wildman–Crippen LogP) is 6.92. The molecule has 2 heteroatoms. The molecule has 0 aromatic heterocycles. The van der Waals surface area contributed by atoms with Crippen molar-refractivity contribution in [2.45, 2.75) is 31.5 Å². The lowest BCUT2D eigenvalue weighted by molar-refractivity contribution is 0.306. The Morgan fingerprint density at radius 3 is 1.23 bits per heavy atom. The van der Waals surface area contributed by atoms with Crippen molar-refractivity contribution in [1.82, 2.24) is 0 Å². The molecule has 0 aliphatic heterocycles.